The summed E-state index contributed by atoms with van der Waals surface area (Å²) in [6.07, 6.45) is 6.28. The molecule has 0 radical (unpaired) electrons. The van der Waals surface area contributed by atoms with Crippen molar-refractivity contribution >= 4 is 5.69 Å². The van der Waals surface area contributed by atoms with E-state index in [1.807, 2.05) is 0 Å². The molecular weight excluding hydrogens is 196 g/mol. The van der Waals surface area contributed by atoms with Gasteiger partial charge in [-0.25, -0.2) is 0 Å². The van der Waals surface area contributed by atoms with Gasteiger partial charge in [-0.3, -0.25) is 0 Å². The van der Waals surface area contributed by atoms with E-state index in [4.69, 9.17) is 5.73 Å². The lowest BCUT2D eigenvalue weighted by Gasteiger charge is -2.38. The number of hydrogen-bond acceptors (Lipinski definition) is 2. The summed E-state index contributed by atoms with van der Waals surface area (Å²) in [4.78, 5) is 2.57. The Morgan fingerprint density at radius 3 is 2.81 bits per heavy atom. The largest absolute Gasteiger partial charge is 0.367 e. The van der Waals surface area contributed by atoms with Gasteiger partial charge in [0.25, 0.3) is 0 Å². The second-order valence-corrected chi connectivity index (χ2v) is 5.09. The fourth-order valence-electron chi connectivity index (χ4n) is 3.26. The highest BCUT2D eigenvalue weighted by molar-refractivity contribution is 5.56. The van der Waals surface area contributed by atoms with Crippen LogP contribution in [0.2, 0.25) is 0 Å². The molecule has 86 valence electrons. The van der Waals surface area contributed by atoms with Gasteiger partial charge in [-0.15, -0.1) is 0 Å². The second kappa shape index (κ2) is 4.10. The zero-order valence-corrected chi connectivity index (χ0v) is 9.73. The molecule has 0 aromatic heterocycles. The van der Waals surface area contributed by atoms with E-state index >= 15 is 0 Å². The number of fused-ring (bicyclic) bond motifs is 1. The standard InChI is InChI=1S/C14H20N2/c15-12-7-3-9-14(12)16-10-4-6-11-5-1-2-8-13(11)16/h1-2,5,8,12,14H,3-4,6-7,9-10,15H2. The third-order valence-corrected chi connectivity index (χ3v) is 4.08. The smallest absolute Gasteiger partial charge is 0.0441 e. The zero-order valence-electron chi connectivity index (χ0n) is 9.73. The number of aryl methyl sites for hydroxylation is 1. The number of nitrogens with two attached hydrogens (primary N) is 1. The van der Waals surface area contributed by atoms with Gasteiger partial charge < -0.3 is 10.6 Å². The SMILES string of the molecule is NC1CCCC1N1CCCc2ccccc21. The monoisotopic (exact) mass is 216 g/mol. The molecule has 1 aromatic carbocycles. The van der Waals surface area contributed by atoms with Crippen LogP contribution < -0.4 is 10.6 Å². The molecule has 1 aliphatic carbocycles. The van der Waals surface area contributed by atoms with E-state index in [0.29, 0.717) is 12.1 Å². The van der Waals surface area contributed by atoms with Crippen LogP contribution in [0.25, 0.3) is 0 Å². The molecule has 16 heavy (non-hydrogen) atoms. The number of benzene rings is 1. The van der Waals surface area contributed by atoms with Crippen LogP contribution in [0.15, 0.2) is 24.3 Å². The van der Waals surface area contributed by atoms with Crippen molar-refractivity contribution in [3.05, 3.63) is 29.8 Å². The van der Waals surface area contributed by atoms with Crippen molar-refractivity contribution < 1.29 is 0 Å². The number of para-hydroxylation sites is 1. The maximum atomic E-state index is 6.23. The van der Waals surface area contributed by atoms with Crippen LogP contribution >= 0.6 is 0 Å². The Balaban J connectivity index is 1.92. The topological polar surface area (TPSA) is 29.3 Å². The predicted molar refractivity (Wildman–Crippen MR) is 67.7 cm³/mol. The van der Waals surface area contributed by atoms with Crippen molar-refractivity contribution in [3.8, 4) is 0 Å². The van der Waals surface area contributed by atoms with Gasteiger partial charge in [0.15, 0.2) is 0 Å². The highest BCUT2D eigenvalue weighted by atomic mass is 15.2. The van der Waals surface area contributed by atoms with Gasteiger partial charge in [0.1, 0.15) is 0 Å². The summed E-state index contributed by atoms with van der Waals surface area (Å²) in [5.41, 5.74) is 9.17. The summed E-state index contributed by atoms with van der Waals surface area (Å²) < 4.78 is 0. The van der Waals surface area contributed by atoms with Crippen molar-refractivity contribution in [3.63, 3.8) is 0 Å². The molecule has 2 N–H and O–H groups in total. The van der Waals surface area contributed by atoms with Gasteiger partial charge in [0.05, 0.1) is 0 Å². The molecule has 0 spiro atoms. The third kappa shape index (κ3) is 1.61. The van der Waals surface area contributed by atoms with Crippen LogP contribution in [-0.4, -0.2) is 18.6 Å². The first kappa shape index (κ1) is 10.2. The molecule has 2 aliphatic rings. The molecule has 1 fully saturated rings. The molecule has 0 bridgehead atoms. The quantitative estimate of drug-likeness (QED) is 0.780. The maximum absolute atomic E-state index is 6.23. The number of rotatable bonds is 1. The highest BCUT2D eigenvalue weighted by Crippen LogP contribution is 2.33. The van der Waals surface area contributed by atoms with Crippen LogP contribution in [0.3, 0.4) is 0 Å². The van der Waals surface area contributed by atoms with Crippen LogP contribution in [0.1, 0.15) is 31.2 Å². The van der Waals surface area contributed by atoms with E-state index in [1.165, 1.54) is 49.9 Å². The van der Waals surface area contributed by atoms with Crippen molar-refractivity contribution in [1.82, 2.24) is 0 Å². The summed E-state index contributed by atoms with van der Waals surface area (Å²) in [7, 11) is 0. The Bertz CT molecular complexity index is 375. The first-order valence-corrected chi connectivity index (χ1v) is 6.46. The second-order valence-electron chi connectivity index (χ2n) is 5.09. The van der Waals surface area contributed by atoms with Crippen LogP contribution in [0.5, 0.6) is 0 Å². The van der Waals surface area contributed by atoms with Crippen LogP contribution in [-0.2, 0) is 6.42 Å². The van der Waals surface area contributed by atoms with E-state index in [0.717, 1.165) is 0 Å². The zero-order chi connectivity index (χ0) is 11.0. The van der Waals surface area contributed by atoms with Crippen molar-refractivity contribution in [1.29, 1.82) is 0 Å². The van der Waals surface area contributed by atoms with Crippen LogP contribution in [0, 0.1) is 0 Å². The Labute approximate surface area is 97.4 Å². The molecule has 1 aliphatic heterocycles. The fraction of sp³-hybridized carbons (Fsp3) is 0.571. The highest BCUT2D eigenvalue weighted by Gasteiger charge is 2.31. The van der Waals surface area contributed by atoms with Crippen molar-refractivity contribution in [2.75, 3.05) is 11.4 Å². The van der Waals surface area contributed by atoms with Gasteiger partial charge in [0, 0.05) is 24.3 Å². The Hall–Kier alpha value is -1.02. The molecule has 2 atom stereocenters. The third-order valence-electron chi connectivity index (χ3n) is 4.08. The average Bonchev–Trinajstić information content (AvgIpc) is 2.75. The van der Waals surface area contributed by atoms with Crippen LogP contribution in [0.4, 0.5) is 5.69 Å². The van der Waals surface area contributed by atoms with Crippen molar-refractivity contribution in [2.45, 2.75) is 44.2 Å². The van der Waals surface area contributed by atoms with Gasteiger partial charge in [-0.05, 0) is 43.7 Å². The van der Waals surface area contributed by atoms with E-state index in [9.17, 15) is 0 Å². The lowest BCUT2D eigenvalue weighted by molar-refractivity contribution is 0.522. The summed E-state index contributed by atoms with van der Waals surface area (Å²) in [5, 5.41) is 0. The first-order valence-electron chi connectivity index (χ1n) is 6.46. The van der Waals surface area contributed by atoms with E-state index in [1.54, 1.807) is 0 Å². The maximum Gasteiger partial charge on any atom is 0.0441 e. The number of hydrogen-bond donors (Lipinski definition) is 1. The van der Waals surface area contributed by atoms with Gasteiger partial charge >= 0.3 is 0 Å². The Morgan fingerprint density at radius 2 is 2.00 bits per heavy atom. The molecular formula is C14H20N2. The molecule has 1 heterocycles. The molecule has 1 saturated carbocycles. The summed E-state index contributed by atoms with van der Waals surface area (Å²) >= 11 is 0. The Kier molecular flexibility index (Phi) is 2.60. The predicted octanol–water partition coefficient (Wildman–Crippen LogP) is 2.32. The lowest BCUT2D eigenvalue weighted by atomic mass is 9.98. The molecule has 2 unspecified atom stereocenters. The molecule has 2 nitrogen and oxygen atoms in total. The molecule has 1 aromatic rings. The molecule has 2 heteroatoms. The minimum atomic E-state index is 0.381. The van der Waals surface area contributed by atoms with E-state index in [2.05, 4.69) is 29.2 Å². The van der Waals surface area contributed by atoms with E-state index < -0.39 is 0 Å². The van der Waals surface area contributed by atoms with Gasteiger partial charge in [-0.1, -0.05) is 18.2 Å². The van der Waals surface area contributed by atoms with E-state index in [-0.39, 0.29) is 0 Å². The molecule has 0 amide bonds. The summed E-state index contributed by atoms with van der Waals surface area (Å²) in [5.74, 6) is 0. The van der Waals surface area contributed by atoms with Gasteiger partial charge in [0.2, 0.25) is 0 Å². The fourth-order valence-corrected chi connectivity index (χ4v) is 3.26. The van der Waals surface area contributed by atoms with Gasteiger partial charge in [-0.2, -0.15) is 0 Å². The Morgan fingerprint density at radius 1 is 1.12 bits per heavy atom. The van der Waals surface area contributed by atoms with Crippen molar-refractivity contribution in [2.24, 2.45) is 5.73 Å². The summed E-state index contributed by atoms with van der Waals surface area (Å²) in [6, 6.07) is 9.79. The first-order chi connectivity index (χ1) is 7.86. The number of anilines is 1. The summed E-state index contributed by atoms with van der Waals surface area (Å²) in [6.45, 7) is 1.19. The lowest BCUT2D eigenvalue weighted by Crippen LogP contribution is -2.46. The normalized spacial score (nSPS) is 29.2. The molecule has 3 rings (SSSR count). The minimum absolute atomic E-state index is 0.381. The molecule has 0 saturated heterocycles. The number of nitrogens with zero attached hydrogens (tertiary/aromatic N) is 1. The minimum Gasteiger partial charge on any atom is -0.367 e. The average molecular weight is 216 g/mol.